The predicted octanol–water partition coefficient (Wildman–Crippen LogP) is 2.24. The van der Waals surface area contributed by atoms with E-state index < -0.39 is 0 Å². The van der Waals surface area contributed by atoms with Crippen LogP contribution in [0.25, 0.3) is 10.8 Å². The topological polar surface area (TPSA) is 50.9 Å². The van der Waals surface area contributed by atoms with Gasteiger partial charge in [-0.05, 0) is 29.8 Å². The summed E-state index contributed by atoms with van der Waals surface area (Å²) in [5, 5.41) is 2.20. The fraction of sp³-hybridized carbons (Fsp3) is 0.100. The van der Waals surface area contributed by atoms with Crippen LogP contribution in [0.1, 0.15) is 0 Å². The van der Waals surface area contributed by atoms with Crippen molar-refractivity contribution in [1.82, 2.24) is 4.98 Å². The molecule has 3 N–H and O–H groups in total. The zero-order valence-corrected chi connectivity index (χ0v) is 8.64. The molecule has 0 aliphatic rings. The monoisotopic (exact) mass is 205 g/mol. The summed E-state index contributed by atoms with van der Waals surface area (Å²) in [7, 11) is 0. The summed E-state index contributed by atoms with van der Waals surface area (Å²) in [4.78, 5) is 5.37. The summed E-state index contributed by atoms with van der Waals surface area (Å²) in [6.07, 6.45) is 3.80. The van der Waals surface area contributed by atoms with Gasteiger partial charge in [-0.3, -0.25) is 0 Å². The molecule has 0 aliphatic carbocycles. The van der Waals surface area contributed by atoms with Gasteiger partial charge in [-0.1, -0.05) is 6.07 Å². The van der Waals surface area contributed by atoms with Gasteiger partial charge in [-0.25, -0.2) is 10.8 Å². The lowest BCUT2D eigenvalue weighted by atomic mass is 10.1. The molecule has 0 spiro atoms. The lowest BCUT2D eigenvalue weighted by Crippen LogP contribution is -2.08. The third-order valence-electron chi connectivity index (χ3n) is 2.11. The van der Waals surface area contributed by atoms with Crippen molar-refractivity contribution in [1.29, 1.82) is 0 Å². The van der Waals surface area contributed by atoms with Gasteiger partial charge in [0.15, 0.2) is 0 Å². The molecule has 2 aromatic rings. The first kappa shape index (κ1) is 9.30. The summed E-state index contributed by atoms with van der Waals surface area (Å²) in [6, 6.07) is 8.22. The molecule has 4 heteroatoms. The fourth-order valence-electron chi connectivity index (χ4n) is 1.39. The number of nitrogens with two attached hydrogens (primary N) is 1. The highest BCUT2D eigenvalue weighted by Crippen LogP contribution is 2.25. The number of thioether (sulfide) groups is 1. The maximum absolute atomic E-state index is 5.39. The first-order valence-corrected chi connectivity index (χ1v) is 5.47. The van der Waals surface area contributed by atoms with Crippen molar-refractivity contribution in [3.8, 4) is 0 Å². The lowest BCUT2D eigenvalue weighted by Gasteiger charge is -2.05. The zero-order valence-electron chi connectivity index (χ0n) is 7.82. The molecule has 0 saturated heterocycles. The fourth-order valence-corrected chi connectivity index (χ4v) is 1.83. The minimum atomic E-state index is 0.721. The molecule has 0 amide bonds. The minimum Gasteiger partial charge on any atom is -0.308 e. The van der Waals surface area contributed by atoms with Crippen molar-refractivity contribution in [2.24, 2.45) is 5.84 Å². The highest BCUT2D eigenvalue weighted by molar-refractivity contribution is 7.98. The molecule has 0 atom stereocenters. The number of hydrazine groups is 1. The number of anilines is 1. The number of benzene rings is 1. The SMILES string of the molecule is CSc1ccc2ccnc(NN)c2c1. The number of nitrogens with zero attached hydrogens (tertiary/aromatic N) is 1. The summed E-state index contributed by atoms with van der Waals surface area (Å²) in [5.41, 5.74) is 2.60. The largest absolute Gasteiger partial charge is 0.308 e. The average molecular weight is 205 g/mol. The highest BCUT2D eigenvalue weighted by atomic mass is 32.2. The van der Waals surface area contributed by atoms with Crippen molar-refractivity contribution < 1.29 is 0 Å². The van der Waals surface area contributed by atoms with Crippen LogP contribution < -0.4 is 11.3 Å². The molecule has 1 aromatic carbocycles. The van der Waals surface area contributed by atoms with Crippen LogP contribution in [-0.2, 0) is 0 Å². The van der Waals surface area contributed by atoms with E-state index >= 15 is 0 Å². The molecule has 1 heterocycles. The highest BCUT2D eigenvalue weighted by Gasteiger charge is 2.01. The second-order valence-corrected chi connectivity index (χ2v) is 3.77. The Hall–Kier alpha value is -1.26. The lowest BCUT2D eigenvalue weighted by molar-refractivity contribution is 1.25. The number of nitrogens with one attached hydrogen (secondary N) is 1. The van der Waals surface area contributed by atoms with Crippen LogP contribution in [0.2, 0.25) is 0 Å². The number of pyridine rings is 1. The first-order chi connectivity index (χ1) is 6.85. The minimum absolute atomic E-state index is 0.721. The normalized spacial score (nSPS) is 10.4. The molecule has 0 fully saturated rings. The van der Waals surface area contributed by atoms with Crippen LogP contribution in [0.5, 0.6) is 0 Å². The van der Waals surface area contributed by atoms with Crippen LogP contribution in [0.15, 0.2) is 35.4 Å². The number of nitrogen functional groups attached to an aromatic ring is 1. The van der Waals surface area contributed by atoms with E-state index in [1.165, 1.54) is 4.90 Å². The van der Waals surface area contributed by atoms with Gasteiger partial charge >= 0.3 is 0 Å². The molecule has 0 unspecified atom stereocenters. The van der Waals surface area contributed by atoms with Gasteiger partial charge in [0.1, 0.15) is 5.82 Å². The molecule has 14 heavy (non-hydrogen) atoms. The van der Waals surface area contributed by atoms with Crippen molar-refractivity contribution in [2.75, 3.05) is 11.7 Å². The molecular weight excluding hydrogens is 194 g/mol. The number of aromatic nitrogens is 1. The number of hydrogen-bond acceptors (Lipinski definition) is 4. The Morgan fingerprint density at radius 3 is 2.93 bits per heavy atom. The van der Waals surface area contributed by atoms with E-state index in [2.05, 4.69) is 28.6 Å². The summed E-state index contributed by atoms with van der Waals surface area (Å²) in [6.45, 7) is 0. The van der Waals surface area contributed by atoms with Gasteiger partial charge in [0.2, 0.25) is 0 Å². The van der Waals surface area contributed by atoms with Gasteiger partial charge in [0, 0.05) is 16.5 Å². The first-order valence-electron chi connectivity index (χ1n) is 4.24. The van der Waals surface area contributed by atoms with Gasteiger partial charge in [0.25, 0.3) is 0 Å². The van der Waals surface area contributed by atoms with E-state index in [4.69, 9.17) is 5.84 Å². The van der Waals surface area contributed by atoms with Crippen LogP contribution in [0.3, 0.4) is 0 Å². The van der Waals surface area contributed by atoms with Crippen LogP contribution in [0, 0.1) is 0 Å². The predicted molar refractivity (Wildman–Crippen MR) is 61.3 cm³/mol. The molecule has 72 valence electrons. The third kappa shape index (κ3) is 1.54. The van der Waals surface area contributed by atoms with Crippen molar-refractivity contribution in [2.45, 2.75) is 4.90 Å². The Balaban J connectivity index is 2.70. The average Bonchev–Trinajstić information content (AvgIpc) is 2.27. The summed E-state index contributed by atoms with van der Waals surface area (Å²) in [5.74, 6) is 6.11. The van der Waals surface area contributed by atoms with Crippen molar-refractivity contribution >= 4 is 28.4 Å². The maximum Gasteiger partial charge on any atom is 0.147 e. The van der Waals surface area contributed by atoms with E-state index in [-0.39, 0.29) is 0 Å². The van der Waals surface area contributed by atoms with Gasteiger partial charge in [0.05, 0.1) is 0 Å². The van der Waals surface area contributed by atoms with Crippen LogP contribution in [-0.4, -0.2) is 11.2 Å². The number of fused-ring (bicyclic) bond motifs is 1. The molecule has 0 aliphatic heterocycles. The van der Waals surface area contributed by atoms with Crippen molar-refractivity contribution in [3.63, 3.8) is 0 Å². The quantitative estimate of drug-likeness (QED) is 0.448. The Kier molecular flexibility index (Phi) is 2.56. The van der Waals surface area contributed by atoms with E-state index in [1.54, 1.807) is 18.0 Å². The van der Waals surface area contributed by atoms with Crippen LogP contribution >= 0.6 is 11.8 Å². The Morgan fingerprint density at radius 2 is 2.21 bits per heavy atom. The van der Waals surface area contributed by atoms with E-state index in [1.807, 2.05) is 12.3 Å². The van der Waals surface area contributed by atoms with E-state index in [0.29, 0.717) is 0 Å². The molecule has 2 rings (SSSR count). The van der Waals surface area contributed by atoms with Crippen molar-refractivity contribution in [3.05, 3.63) is 30.5 Å². The second-order valence-electron chi connectivity index (χ2n) is 2.89. The molecule has 0 saturated carbocycles. The molecule has 3 nitrogen and oxygen atoms in total. The number of rotatable bonds is 2. The summed E-state index contributed by atoms with van der Waals surface area (Å²) >= 11 is 1.71. The number of hydrogen-bond donors (Lipinski definition) is 2. The zero-order chi connectivity index (χ0) is 9.97. The summed E-state index contributed by atoms with van der Waals surface area (Å²) < 4.78 is 0. The molecule has 1 aromatic heterocycles. The van der Waals surface area contributed by atoms with Gasteiger partial charge in [-0.2, -0.15) is 0 Å². The Bertz CT molecular complexity index is 456. The second kappa shape index (κ2) is 3.86. The van der Waals surface area contributed by atoms with Crippen LogP contribution in [0.4, 0.5) is 5.82 Å². The Labute approximate surface area is 86.7 Å². The van der Waals surface area contributed by atoms with Gasteiger partial charge < -0.3 is 5.43 Å². The maximum atomic E-state index is 5.39. The standard InChI is InChI=1S/C10H11N3S/c1-14-8-3-2-7-4-5-12-10(13-11)9(7)6-8/h2-6H,11H2,1H3,(H,12,13). The third-order valence-corrected chi connectivity index (χ3v) is 2.84. The molecular formula is C10H11N3S. The smallest absolute Gasteiger partial charge is 0.147 e. The van der Waals surface area contributed by atoms with E-state index in [9.17, 15) is 0 Å². The Morgan fingerprint density at radius 1 is 1.36 bits per heavy atom. The molecule has 0 radical (unpaired) electrons. The molecule has 0 bridgehead atoms. The van der Waals surface area contributed by atoms with Gasteiger partial charge in [-0.15, -0.1) is 11.8 Å². The van der Waals surface area contributed by atoms with E-state index in [0.717, 1.165) is 16.6 Å².